The second kappa shape index (κ2) is 8.98. The molecule has 1 aliphatic heterocycles. The highest BCUT2D eigenvalue weighted by Crippen LogP contribution is 2.40. The van der Waals surface area contributed by atoms with Crippen molar-refractivity contribution in [3.05, 3.63) is 143 Å². The summed E-state index contributed by atoms with van der Waals surface area (Å²) >= 11 is 0. The summed E-state index contributed by atoms with van der Waals surface area (Å²) in [6.45, 7) is -4.42. The molecule has 4 aromatic rings. The number of nitrogens with zero attached hydrogens (tertiary/aromatic N) is 3. The van der Waals surface area contributed by atoms with Crippen molar-refractivity contribution in [1.29, 1.82) is 0 Å². The van der Waals surface area contributed by atoms with Gasteiger partial charge in [-0.3, -0.25) is 10.1 Å². The predicted octanol–water partition coefficient (Wildman–Crippen LogP) is 6.66. The molecule has 0 spiro atoms. The maximum Gasteiger partial charge on any atom is 0.737 e. The summed E-state index contributed by atoms with van der Waals surface area (Å²) in [5, 5.41) is 11.2. The molecule has 1 aliphatic rings. The van der Waals surface area contributed by atoms with Gasteiger partial charge in [0.05, 0.1) is 4.92 Å². The molecule has 0 fully saturated rings. The van der Waals surface area contributed by atoms with Crippen LogP contribution in [0.25, 0.3) is 5.70 Å². The van der Waals surface area contributed by atoms with Gasteiger partial charge >= 0.3 is 6.97 Å². The molecule has 0 aromatic heterocycles. The normalized spacial score (nSPS) is 15.0. The van der Waals surface area contributed by atoms with Crippen LogP contribution in [0.5, 0.6) is 0 Å². The SMILES string of the molecule is O=[N+]([O-])c1ccc([N+]2=C(c3ccccc3)C=C(c3ccccc3)N(c3ccccc3)[B-]2(F)F)cc1. The molecule has 0 radical (unpaired) electrons. The first-order valence-corrected chi connectivity index (χ1v) is 11.1. The lowest BCUT2D eigenvalue weighted by atomic mass is 9.82. The van der Waals surface area contributed by atoms with E-state index in [9.17, 15) is 10.1 Å². The molecule has 5 rings (SSSR count). The van der Waals surface area contributed by atoms with Crippen molar-refractivity contribution in [1.82, 2.24) is 0 Å². The summed E-state index contributed by atoms with van der Waals surface area (Å²) in [5.74, 6) is 0. The lowest BCUT2D eigenvalue weighted by Crippen LogP contribution is -2.57. The Hall–Kier alpha value is -4.59. The van der Waals surface area contributed by atoms with Crippen LogP contribution in [-0.4, -0.2) is 22.1 Å². The monoisotopic (exact) mass is 467 g/mol. The molecule has 0 bridgehead atoms. The first-order chi connectivity index (χ1) is 17.0. The van der Waals surface area contributed by atoms with E-state index in [0.29, 0.717) is 28.2 Å². The molecule has 35 heavy (non-hydrogen) atoms. The van der Waals surface area contributed by atoms with Crippen LogP contribution in [-0.2, 0) is 0 Å². The summed E-state index contributed by atoms with van der Waals surface area (Å²) in [4.78, 5) is 11.7. The Morgan fingerprint density at radius 3 is 1.77 bits per heavy atom. The van der Waals surface area contributed by atoms with Crippen molar-refractivity contribution < 1.29 is 18.0 Å². The Kier molecular flexibility index (Phi) is 5.70. The average molecular weight is 467 g/mol. The fourth-order valence-corrected chi connectivity index (χ4v) is 4.34. The maximum absolute atomic E-state index is 16.8. The maximum atomic E-state index is 16.8. The van der Waals surface area contributed by atoms with Crippen molar-refractivity contribution >= 4 is 35.4 Å². The van der Waals surface area contributed by atoms with Crippen LogP contribution in [0.4, 0.5) is 25.7 Å². The number of nitro groups is 1. The Bertz CT molecular complexity index is 1430. The van der Waals surface area contributed by atoms with Crippen LogP contribution in [0.1, 0.15) is 11.1 Å². The summed E-state index contributed by atoms with van der Waals surface area (Å²) in [7, 11) is 0. The van der Waals surface area contributed by atoms with Gasteiger partial charge in [0.2, 0.25) is 0 Å². The highest BCUT2D eigenvalue weighted by Gasteiger charge is 2.54. The number of para-hydroxylation sites is 1. The summed E-state index contributed by atoms with van der Waals surface area (Å²) in [6, 6.07) is 31.8. The molecule has 0 unspecified atom stereocenters. The molecular formula is C27H20BF2N3O2. The van der Waals surface area contributed by atoms with Gasteiger partial charge in [0.25, 0.3) is 5.69 Å². The van der Waals surface area contributed by atoms with Crippen molar-refractivity contribution in [2.45, 2.75) is 0 Å². The van der Waals surface area contributed by atoms with E-state index in [1.165, 1.54) is 24.3 Å². The lowest BCUT2D eigenvalue weighted by Gasteiger charge is -2.41. The Morgan fingerprint density at radius 1 is 0.714 bits per heavy atom. The fourth-order valence-electron chi connectivity index (χ4n) is 4.34. The van der Waals surface area contributed by atoms with Crippen molar-refractivity contribution in [3.63, 3.8) is 0 Å². The Balaban J connectivity index is 1.83. The third kappa shape index (κ3) is 4.10. The van der Waals surface area contributed by atoms with Crippen LogP contribution >= 0.6 is 0 Å². The largest absolute Gasteiger partial charge is 0.737 e. The molecule has 0 saturated heterocycles. The van der Waals surface area contributed by atoms with Crippen molar-refractivity contribution in [2.75, 3.05) is 4.81 Å². The number of non-ortho nitro benzene ring substituents is 1. The Morgan fingerprint density at radius 2 is 1.23 bits per heavy atom. The molecule has 8 heteroatoms. The van der Waals surface area contributed by atoms with E-state index >= 15 is 8.63 Å². The number of hydrogen-bond donors (Lipinski definition) is 0. The number of anilines is 1. The second-order valence-electron chi connectivity index (χ2n) is 8.08. The van der Waals surface area contributed by atoms with Crippen LogP contribution < -0.4 is 4.81 Å². The lowest BCUT2D eigenvalue weighted by molar-refractivity contribution is -0.385. The zero-order chi connectivity index (χ0) is 24.4. The molecule has 0 N–H and O–H groups in total. The quantitative estimate of drug-likeness (QED) is 0.187. The minimum absolute atomic E-state index is 0.156. The second-order valence-corrected chi connectivity index (χ2v) is 8.08. The molecular weight excluding hydrogens is 447 g/mol. The van der Waals surface area contributed by atoms with Gasteiger partial charge in [-0.25, -0.2) is 0 Å². The van der Waals surface area contributed by atoms with E-state index in [-0.39, 0.29) is 11.4 Å². The van der Waals surface area contributed by atoms with E-state index in [0.717, 1.165) is 9.30 Å². The minimum atomic E-state index is -4.42. The smallest absolute Gasteiger partial charge is 0.390 e. The van der Waals surface area contributed by atoms with Crippen molar-refractivity contribution in [3.8, 4) is 0 Å². The van der Waals surface area contributed by atoms with Crippen LogP contribution in [0, 0.1) is 10.1 Å². The van der Waals surface area contributed by atoms with Gasteiger partial charge in [-0.05, 0) is 29.8 Å². The number of allylic oxidation sites excluding steroid dienone is 1. The van der Waals surface area contributed by atoms with Gasteiger partial charge in [-0.1, -0.05) is 66.7 Å². The molecule has 4 aromatic carbocycles. The molecule has 0 aliphatic carbocycles. The van der Waals surface area contributed by atoms with Gasteiger partial charge in [-0.15, -0.1) is 0 Å². The van der Waals surface area contributed by atoms with Gasteiger partial charge < -0.3 is 17.9 Å². The zero-order valence-corrected chi connectivity index (χ0v) is 18.5. The van der Waals surface area contributed by atoms with Crippen LogP contribution in [0.2, 0.25) is 0 Å². The third-order valence-electron chi connectivity index (χ3n) is 5.93. The number of hydrogen-bond acceptors (Lipinski definition) is 3. The highest BCUT2D eigenvalue weighted by molar-refractivity contribution is 6.67. The molecule has 0 saturated carbocycles. The Labute approximate surface area is 201 Å². The minimum Gasteiger partial charge on any atom is -0.390 e. The standard InChI is InChI=1S/C27H20BF2N3O2/c29-28(30)31(23-14-8-3-9-15-23)26(21-10-4-1-5-11-21)20-27(22-12-6-2-7-13-22)32(28)24-16-18-25(19-17-24)33(34)35/h1-20H. The van der Waals surface area contributed by atoms with E-state index in [2.05, 4.69) is 0 Å². The predicted molar refractivity (Wildman–Crippen MR) is 135 cm³/mol. The van der Waals surface area contributed by atoms with Gasteiger partial charge in [0, 0.05) is 47.3 Å². The van der Waals surface area contributed by atoms with Crippen molar-refractivity contribution in [2.24, 2.45) is 0 Å². The van der Waals surface area contributed by atoms with Gasteiger partial charge in [0.15, 0.2) is 11.4 Å². The molecule has 172 valence electrons. The summed E-state index contributed by atoms with van der Waals surface area (Å²) in [6.07, 6.45) is 1.75. The van der Waals surface area contributed by atoms with E-state index < -0.39 is 11.9 Å². The molecule has 5 nitrogen and oxygen atoms in total. The summed E-state index contributed by atoms with van der Waals surface area (Å²) < 4.78 is 34.5. The molecule has 0 amide bonds. The zero-order valence-electron chi connectivity index (χ0n) is 18.5. The van der Waals surface area contributed by atoms with E-state index in [1.807, 2.05) is 24.3 Å². The van der Waals surface area contributed by atoms with Gasteiger partial charge in [-0.2, -0.15) is 0 Å². The van der Waals surface area contributed by atoms with Gasteiger partial charge in [0.1, 0.15) is 0 Å². The average Bonchev–Trinajstić information content (AvgIpc) is 2.89. The third-order valence-corrected chi connectivity index (χ3v) is 5.93. The number of halogens is 2. The summed E-state index contributed by atoms with van der Waals surface area (Å²) in [5.41, 5.74) is 2.25. The molecule has 0 atom stereocenters. The van der Waals surface area contributed by atoms with Crippen LogP contribution in [0.15, 0.2) is 121 Å². The number of rotatable bonds is 5. The first-order valence-electron chi connectivity index (χ1n) is 11.1. The number of nitro benzene ring substituents is 1. The molecule has 1 heterocycles. The first kappa shape index (κ1) is 22.2. The fraction of sp³-hybridized carbons (Fsp3) is 0. The van der Waals surface area contributed by atoms with Crippen LogP contribution in [0.3, 0.4) is 0 Å². The van der Waals surface area contributed by atoms with E-state index in [1.54, 1.807) is 72.8 Å². The number of benzene rings is 4. The topological polar surface area (TPSA) is 49.4 Å². The van der Waals surface area contributed by atoms with E-state index in [4.69, 9.17) is 0 Å². The highest BCUT2D eigenvalue weighted by atomic mass is 19.2.